The highest BCUT2D eigenvalue weighted by Crippen LogP contribution is 2.23. The van der Waals surface area contributed by atoms with Crippen LogP contribution in [-0.4, -0.2) is 17.7 Å². The highest BCUT2D eigenvalue weighted by Gasteiger charge is 2.24. The smallest absolute Gasteiger partial charge is 0.305 e. The molecule has 4 heteroatoms. The fraction of sp³-hybridized carbons (Fsp3) is 0.417. The molecule has 0 fully saturated rings. The first-order valence-corrected chi connectivity index (χ1v) is 5.19. The van der Waals surface area contributed by atoms with Crippen LogP contribution in [0.1, 0.15) is 25.8 Å². The van der Waals surface area contributed by atoms with Gasteiger partial charge >= 0.3 is 5.97 Å². The number of carboxylic acids is 1. The van der Waals surface area contributed by atoms with Gasteiger partial charge in [-0.05, 0) is 31.5 Å². The Morgan fingerprint density at radius 1 is 1.44 bits per heavy atom. The van der Waals surface area contributed by atoms with Crippen molar-refractivity contribution < 1.29 is 14.6 Å². The largest absolute Gasteiger partial charge is 0.494 e. The summed E-state index contributed by atoms with van der Waals surface area (Å²) in [6, 6.07) is 7.19. The minimum atomic E-state index is -0.904. The van der Waals surface area contributed by atoms with Gasteiger partial charge in [0.15, 0.2) is 0 Å². The number of rotatable bonds is 5. The molecule has 16 heavy (non-hydrogen) atoms. The minimum absolute atomic E-state index is 0.0962. The van der Waals surface area contributed by atoms with Gasteiger partial charge in [0.05, 0.1) is 13.0 Å². The van der Waals surface area contributed by atoms with Crippen LogP contribution in [0.2, 0.25) is 0 Å². The van der Waals surface area contributed by atoms with Gasteiger partial charge in [-0.3, -0.25) is 4.79 Å². The summed E-state index contributed by atoms with van der Waals surface area (Å²) in [5, 5.41) is 8.74. The molecule has 4 nitrogen and oxygen atoms in total. The Hall–Kier alpha value is -1.55. The molecule has 0 aromatic heterocycles. The Kier molecular flexibility index (Phi) is 3.90. The zero-order valence-electron chi connectivity index (χ0n) is 9.56. The highest BCUT2D eigenvalue weighted by molar-refractivity contribution is 5.68. The molecule has 0 bridgehead atoms. The van der Waals surface area contributed by atoms with Crippen molar-refractivity contribution in [1.29, 1.82) is 0 Å². The second-order valence-corrected chi connectivity index (χ2v) is 3.95. The van der Waals surface area contributed by atoms with Gasteiger partial charge in [-0.25, -0.2) is 0 Å². The first-order chi connectivity index (χ1) is 7.45. The molecular weight excluding hydrogens is 206 g/mol. The van der Waals surface area contributed by atoms with Crippen molar-refractivity contribution >= 4 is 5.97 Å². The lowest BCUT2D eigenvalue weighted by Gasteiger charge is -2.23. The van der Waals surface area contributed by atoms with Gasteiger partial charge in [-0.2, -0.15) is 0 Å². The molecule has 0 aliphatic carbocycles. The van der Waals surface area contributed by atoms with Gasteiger partial charge in [0.2, 0.25) is 0 Å². The van der Waals surface area contributed by atoms with Crippen LogP contribution in [0.25, 0.3) is 0 Å². The second-order valence-electron chi connectivity index (χ2n) is 3.95. The molecule has 0 spiro atoms. The topological polar surface area (TPSA) is 72.5 Å². The highest BCUT2D eigenvalue weighted by atomic mass is 16.5. The number of aliphatic carboxylic acids is 1. The van der Waals surface area contributed by atoms with Crippen LogP contribution in [0.3, 0.4) is 0 Å². The van der Waals surface area contributed by atoms with Crippen molar-refractivity contribution in [1.82, 2.24) is 0 Å². The Morgan fingerprint density at radius 2 is 2.00 bits per heavy atom. The van der Waals surface area contributed by atoms with E-state index in [4.69, 9.17) is 15.6 Å². The maximum atomic E-state index is 10.7. The van der Waals surface area contributed by atoms with E-state index in [1.807, 2.05) is 6.92 Å². The van der Waals surface area contributed by atoms with Gasteiger partial charge < -0.3 is 15.6 Å². The third kappa shape index (κ3) is 3.24. The first-order valence-electron chi connectivity index (χ1n) is 5.19. The molecule has 88 valence electrons. The van der Waals surface area contributed by atoms with Gasteiger partial charge in [0, 0.05) is 5.54 Å². The lowest BCUT2D eigenvalue weighted by molar-refractivity contribution is -0.138. The van der Waals surface area contributed by atoms with Crippen molar-refractivity contribution in [2.45, 2.75) is 25.8 Å². The Balaban J connectivity index is 2.83. The van der Waals surface area contributed by atoms with Gasteiger partial charge in [0.1, 0.15) is 5.75 Å². The quantitative estimate of drug-likeness (QED) is 0.797. The van der Waals surface area contributed by atoms with E-state index in [-0.39, 0.29) is 6.42 Å². The van der Waals surface area contributed by atoms with Crippen LogP contribution in [0.4, 0.5) is 0 Å². The van der Waals surface area contributed by atoms with Crippen molar-refractivity contribution in [2.24, 2.45) is 5.73 Å². The standard InChI is InChI=1S/C12H17NO3/c1-3-16-10-6-4-9(5-7-10)12(2,13)8-11(14)15/h4-7H,3,8,13H2,1-2H3,(H,14,15). The van der Waals surface area contributed by atoms with E-state index in [9.17, 15) is 4.79 Å². The molecule has 0 heterocycles. The first kappa shape index (κ1) is 12.5. The number of ether oxygens (including phenoxy) is 1. The van der Waals surface area contributed by atoms with Crippen molar-refractivity contribution in [2.75, 3.05) is 6.61 Å². The SMILES string of the molecule is CCOc1ccc(C(C)(N)CC(=O)O)cc1. The number of hydrogen-bond acceptors (Lipinski definition) is 3. The maximum Gasteiger partial charge on any atom is 0.305 e. The molecule has 3 N–H and O–H groups in total. The van der Waals surface area contributed by atoms with E-state index >= 15 is 0 Å². The molecule has 1 unspecified atom stereocenters. The average molecular weight is 223 g/mol. The van der Waals surface area contributed by atoms with Gasteiger partial charge in [0.25, 0.3) is 0 Å². The minimum Gasteiger partial charge on any atom is -0.494 e. The molecule has 0 aliphatic rings. The van der Waals surface area contributed by atoms with Crippen LogP contribution in [-0.2, 0) is 10.3 Å². The summed E-state index contributed by atoms with van der Waals surface area (Å²) in [4.78, 5) is 10.7. The van der Waals surface area contributed by atoms with Crippen LogP contribution in [0.5, 0.6) is 5.75 Å². The lowest BCUT2D eigenvalue weighted by atomic mass is 9.90. The molecule has 1 aromatic rings. The summed E-state index contributed by atoms with van der Waals surface area (Å²) in [6.45, 7) is 4.22. The summed E-state index contributed by atoms with van der Waals surface area (Å²) < 4.78 is 5.30. The fourth-order valence-electron chi connectivity index (χ4n) is 1.51. The van der Waals surface area contributed by atoms with Crippen molar-refractivity contribution in [3.05, 3.63) is 29.8 Å². The molecular formula is C12H17NO3. The predicted molar refractivity (Wildman–Crippen MR) is 61.4 cm³/mol. The van der Waals surface area contributed by atoms with E-state index in [0.29, 0.717) is 6.61 Å². The summed E-state index contributed by atoms with van der Waals surface area (Å²) in [6.07, 6.45) is -0.0962. The summed E-state index contributed by atoms with van der Waals surface area (Å²) in [5.74, 6) is -0.142. The third-order valence-corrected chi connectivity index (χ3v) is 2.34. The van der Waals surface area contributed by atoms with E-state index in [2.05, 4.69) is 0 Å². The van der Waals surface area contributed by atoms with Crippen LogP contribution >= 0.6 is 0 Å². The summed E-state index contributed by atoms with van der Waals surface area (Å²) in [5.41, 5.74) is 5.88. The van der Waals surface area contributed by atoms with E-state index < -0.39 is 11.5 Å². The number of nitrogens with two attached hydrogens (primary N) is 1. The number of hydrogen-bond donors (Lipinski definition) is 2. The lowest BCUT2D eigenvalue weighted by Crippen LogP contribution is -2.35. The predicted octanol–water partition coefficient (Wildman–Crippen LogP) is 1.73. The molecule has 0 radical (unpaired) electrons. The average Bonchev–Trinajstić information content (AvgIpc) is 2.17. The normalized spacial score (nSPS) is 14.2. The molecule has 1 rings (SSSR count). The zero-order valence-corrected chi connectivity index (χ0v) is 9.56. The number of carbonyl (C=O) groups is 1. The Morgan fingerprint density at radius 3 is 2.44 bits per heavy atom. The molecule has 0 saturated heterocycles. The molecule has 1 aromatic carbocycles. The fourth-order valence-corrected chi connectivity index (χ4v) is 1.51. The van der Waals surface area contributed by atoms with Gasteiger partial charge in [-0.15, -0.1) is 0 Å². The zero-order chi connectivity index (χ0) is 12.2. The van der Waals surface area contributed by atoms with E-state index in [1.165, 1.54) is 0 Å². The Labute approximate surface area is 95.0 Å². The van der Waals surface area contributed by atoms with E-state index in [0.717, 1.165) is 11.3 Å². The second kappa shape index (κ2) is 4.99. The van der Waals surface area contributed by atoms with E-state index in [1.54, 1.807) is 31.2 Å². The summed E-state index contributed by atoms with van der Waals surface area (Å²) in [7, 11) is 0. The maximum absolute atomic E-state index is 10.7. The monoisotopic (exact) mass is 223 g/mol. The van der Waals surface area contributed by atoms with Crippen LogP contribution < -0.4 is 10.5 Å². The van der Waals surface area contributed by atoms with Crippen molar-refractivity contribution in [3.8, 4) is 5.75 Å². The summed E-state index contributed by atoms with van der Waals surface area (Å²) >= 11 is 0. The van der Waals surface area contributed by atoms with Crippen LogP contribution in [0, 0.1) is 0 Å². The number of benzene rings is 1. The molecule has 0 amide bonds. The molecule has 0 saturated carbocycles. The third-order valence-electron chi connectivity index (χ3n) is 2.34. The number of carboxylic acid groups (broad SMARTS) is 1. The molecule has 0 aliphatic heterocycles. The Bertz CT molecular complexity index is 357. The van der Waals surface area contributed by atoms with Gasteiger partial charge in [-0.1, -0.05) is 12.1 Å². The van der Waals surface area contributed by atoms with Crippen molar-refractivity contribution in [3.63, 3.8) is 0 Å². The van der Waals surface area contributed by atoms with Crippen LogP contribution in [0.15, 0.2) is 24.3 Å². The molecule has 1 atom stereocenters.